The number of halogens is 2. The number of hydrogen-bond donors (Lipinski definition) is 2. The molecule has 29 heavy (non-hydrogen) atoms. The van der Waals surface area contributed by atoms with Crippen LogP contribution in [0.15, 0.2) is 46.8 Å². The van der Waals surface area contributed by atoms with E-state index in [1.165, 1.54) is 4.88 Å². The van der Waals surface area contributed by atoms with Crippen molar-refractivity contribution in [2.24, 2.45) is 4.99 Å². The van der Waals surface area contributed by atoms with E-state index in [1.807, 2.05) is 24.3 Å². The van der Waals surface area contributed by atoms with Gasteiger partial charge in [-0.25, -0.2) is 0 Å². The summed E-state index contributed by atoms with van der Waals surface area (Å²) in [6.45, 7) is 5.38. The van der Waals surface area contributed by atoms with Crippen LogP contribution >= 0.6 is 46.9 Å². The van der Waals surface area contributed by atoms with Crippen molar-refractivity contribution in [3.8, 4) is 5.75 Å². The second-order valence-electron chi connectivity index (χ2n) is 6.34. The van der Waals surface area contributed by atoms with Crippen LogP contribution < -0.4 is 15.4 Å². The van der Waals surface area contributed by atoms with Gasteiger partial charge in [0.25, 0.3) is 0 Å². The van der Waals surface area contributed by atoms with E-state index in [4.69, 9.17) is 21.1 Å². The fraction of sp³-hybridized carbons (Fsp3) is 0.450. The lowest BCUT2D eigenvalue weighted by atomic mass is 10.2. The largest absolute Gasteiger partial charge is 0.490 e. The van der Waals surface area contributed by atoms with Crippen LogP contribution in [-0.4, -0.2) is 63.9 Å². The molecule has 3 rings (SSSR count). The van der Waals surface area contributed by atoms with Crippen LogP contribution in [0.1, 0.15) is 10.9 Å². The highest BCUT2D eigenvalue weighted by Gasteiger charge is 2.23. The molecule has 0 bridgehead atoms. The fourth-order valence-electron chi connectivity index (χ4n) is 3.09. The first-order chi connectivity index (χ1) is 13.8. The number of morpholine rings is 1. The molecule has 1 saturated heterocycles. The van der Waals surface area contributed by atoms with Crippen molar-refractivity contribution in [1.29, 1.82) is 0 Å². The maximum atomic E-state index is 6.11. The number of guanidine groups is 1. The maximum Gasteiger partial charge on any atom is 0.191 e. The number of hydrogen-bond acceptors (Lipinski definition) is 5. The summed E-state index contributed by atoms with van der Waals surface area (Å²) in [5.41, 5.74) is 0. The minimum absolute atomic E-state index is 0. The molecule has 0 aliphatic carbocycles. The Hall–Kier alpha value is -1.07. The number of rotatable bonds is 8. The third-order valence-corrected chi connectivity index (χ3v) is 5.82. The van der Waals surface area contributed by atoms with Gasteiger partial charge in [-0.3, -0.25) is 9.89 Å². The van der Waals surface area contributed by atoms with Gasteiger partial charge in [-0.1, -0.05) is 29.8 Å². The van der Waals surface area contributed by atoms with Crippen molar-refractivity contribution in [2.45, 2.75) is 6.04 Å². The first-order valence-corrected chi connectivity index (χ1v) is 10.7. The van der Waals surface area contributed by atoms with Gasteiger partial charge in [0.1, 0.15) is 12.4 Å². The fourth-order valence-corrected chi connectivity index (χ4v) is 4.14. The third kappa shape index (κ3) is 7.60. The van der Waals surface area contributed by atoms with Gasteiger partial charge in [-0.2, -0.15) is 0 Å². The Morgan fingerprint density at radius 1 is 1.24 bits per heavy atom. The molecular formula is C20H28ClIN4O2S. The Balaban J connectivity index is 0.00000300. The molecule has 0 saturated carbocycles. The predicted octanol–water partition coefficient (Wildman–Crippen LogP) is 3.64. The van der Waals surface area contributed by atoms with Gasteiger partial charge >= 0.3 is 0 Å². The Kier molecular flexibility index (Phi) is 11.1. The van der Waals surface area contributed by atoms with E-state index >= 15 is 0 Å². The number of thiophene rings is 1. The molecule has 2 heterocycles. The molecule has 6 nitrogen and oxygen atoms in total. The van der Waals surface area contributed by atoms with Crippen molar-refractivity contribution in [3.63, 3.8) is 0 Å². The first-order valence-electron chi connectivity index (χ1n) is 9.45. The van der Waals surface area contributed by atoms with Crippen molar-refractivity contribution in [2.75, 3.05) is 53.0 Å². The third-order valence-electron chi connectivity index (χ3n) is 4.53. The zero-order chi connectivity index (χ0) is 19.6. The van der Waals surface area contributed by atoms with Gasteiger partial charge in [-0.15, -0.1) is 35.3 Å². The highest BCUT2D eigenvalue weighted by molar-refractivity contribution is 14.0. The maximum absolute atomic E-state index is 6.11. The van der Waals surface area contributed by atoms with E-state index in [0.29, 0.717) is 30.0 Å². The Morgan fingerprint density at radius 2 is 2.03 bits per heavy atom. The number of ether oxygens (including phenoxy) is 2. The molecule has 1 aliphatic heterocycles. The molecule has 0 spiro atoms. The average molecular weight is 551 g/mol. The molecule has 1 aliphatic rings. The predicted molar refractivity (Wildman–Crippen MR) is 131 cm³/mol. The van der Waals surface area contributed by atoms with Crippen molar-refractivity contribution in [3.05, 3.63) is 51.7 Å². The topological polar surface area (TPSA) is 58.1 Å². The van der Waals surface area contributed by atoms with Crippen LogP contribution in [0.2, 0.25) is 5.02 Å². The molecule has 2 aromatic rings. The molecule has 1 atom stereocenters. The van der Waals surface area contributed by atoms with E-state index in [0.717, 1.165) is 38.8 Å². The minimum Gasteiger partial charge on any atom is -0.490 e. The highest BCUT2D eigenvalue weighted by atomic mass is 127. The summed E-state index contributed by atoms with van der Waals surface area (Å²) < 4.78 is 11.2. The van der Waals surface area contributed by atoms with Crippen LogP contribution in [0, 0.1) is 0 Å². The van der Waals surface area contributed by atoms with E-state index in [2.05, 4.69) is 38.0 Å². The van der Waals surface area contributed by atoms with Crippen molar-refractivity contribution < 1.29 is 9.47 Å². The summed E-state index contributed by atoms with van der Waals surface area (Å²) in [7, 11) is 1.78. The standard InChI is InChI=1S/C20H27ClN4O2S.HI/c1-22-20(23-8-11-27-18-6-3-2-5-16(18)21)24-15-17(19-7-4-14-28-19)25-9-12-26-13-10-25;/h2-7,14,17H,8-13,15H2,1H3,(H2,22,23,24);1H. The Labute approximate surface area is 198 Å². The van der Waals surface area contributed by atoms with Gasteiger partial charge in [0.15, 0.2) is 5.96 Å². The van der Waals surface area contributed by atoms with Crippen LogP contribution in [0.5, 0.6) is 5.75 Å². The lowest BCUT2D eigenvalue weighted by Crippen LogP contribution is -2.46. The first kappa shape index (κ1) is 24.2. The quantitative estimate of drug-likeness (QED) is 0.228. The Bertz CT molecular complexity index is 742. The summed E-state index contributed by atoms with van der Waals surface area (Å²) in [6.07, 6.45) is 0. The summed E-state index contributed by atoms with van der Waals surface area (Å²) in [5.74, 6) is 1.46. The minimum atomic E-state index is 0. The molecule has 160 valence electrons. The SMILES string of the molecule is CN=C(NCCOc1ccccc1Cl)NCC(c1cccs1)N1CCOCC1.I. The number of aliphatic imine (C=N–C) groups is 1. The van der Waals surface area contributed by atoms with Gasteiger partial charge < -0.3 is 20.1 Å². The molecule has 1 aromatic carbocycles. The van der Waals surface area contributed by atoms with E-state index in [1.54, 1.807) is 18.4 Å². The molecular weight excluding hydrogens is 523 g/mol. The van der Waals surface area contributed by atoms with Crippen LogP contribution in [0.4, 0.5) is 0 Å². The summed E-state index contributed by atoms with van der Waals surface area (Å²) in [5, 5.41) is 9.49. The molecule has 1 unspecified atom stereocenters. The van der Waals surface area contributed by atoms with Gasteiger partial charge in [0, 0.05) is 31.6 Å². The highest BCUT2D eigenvalue weighted by Crippen LogP contribution is 2.25. The number of benzene rings is 1. The summed E-state index contributed by atoms with van der Waals surface area (Å²) >= 11 is 7.90. The molecule has 1 aromatic heterocycles. The molecule has 0 amide bonds. The molecule has 0 radical (unpaired) electrons. The van der Waals surface area contributed by atoms with Crippen LogP contribution in [0.3, 0.4) is 0 Å². The van der Waals surface area contributed by atoms with Gasteiger partial charge in [0.05, 0.1) is 30.8 Å². The second kappa shape index (κ2) is 13.3. The second-order valence-corrected chi connectivity index (χ2v) is 7.72. The lowest BCUT2D eigenvalue weighted by molar-refractivity contribution is 0.0177. The van der Waals surface area contributed by atoms with Gasteiger partial charge in [0.2, 0.25) is 0 Å². The average Bonchev–Trinajstić information content (AvgIpc) is 3.26. The number of nitrogens with zero attached hydrogens (tertiary/aromatic N) is 2. The number of para-hydroxylation sites is 1. The monoisotopic (exact) mass is 550 g/mol. The summed E-state index contributed by atoms with van der Waals surface area (Å²) in [4.78, 5) is 8.14. The zero-order valence-electron chi connectivity index (χ0n) is 16.5. The number of nitrogens with one attached hydrogen (secondary N) is 2. The van der Waals surface area contributed by atoms with E-state index in [-0.39, 0.29) is 24.0 Å². The van der Waals surface area contributed by atoms with Crippen LogP contribution in [0.25, 0.3) is 0 Å². The molecule has 1 fully saturated rings. The van der Waals surface area contributed by atoms with Crippen LogP contribution in [-0.2, 0) is 4.74 Å². The zero-order valence-corrected chi connectivity index (χ0v) is 20.4. The van der Waals surface area contributed by atoms with Crippen molar-refractivity contribution in [1.82, 2.24) is 15.5 Å². The summed E-state index contributed by atoms with van der Waals surface area (Å²) in [6, 6.07) is 12.1. The molecule has 2 N–H and O–H groups in total. The normalized spacial score (nSPS) is 16.0. The Morgan fingerprint density at radius 3 is 2.72 bits per heavy atom. The smallest absolute Gasteiger partial charge is 0.191 e. The van der Waals surface area contributed by atoms with E-state index < -0.39 is 0 Å². The van der Waals surface area contributed by atoms with E-state index in [9.17, 15) is 0 Å². The van der Waals surface area contributed by atoms with Gasteiger partial charge in [-0.05, 0) is 23.6 Å². The van der Waals surface area contributed by atoms with Crippen molar-refractivity contribution >= 4 is 52.9 Å². The molecule has 9 heteroatoms. The lowest BCUT2D eigenvalue weighted by Gasteiger charge is -2.34.